The van der Waals surface area contributed by atoms with Crippen LogP contribution in [0.2, 0.25) is 0 Å². The third-order valence-corrected chi connectivity index (χ3v) is 3.19. The van der Waals surface area contributed by atoms with Crippen molar-refractivity contribution in [2.75, 3.05) is 31.1 Å². The Bertz CT molecular complexity index is 562. The summed E-state index contributed by atoms with van der Waals surface area (Å²) in [4.78, 5) is 25.5. The molecule has 0 unspecified atom stereocenters. The highest BCUT2D eigenvalue weighted by molar-refractivity contribution is 6.18. The minimum atomic E-state index is -0.546. The van der Waals surface area contributed by atoms with Gasteiger partial charge >= 0.3 is 6.09 Å². The van der Waals surface area contributed by atoms with Gasteiger partial charge in [0.05, 0.1) is 12.2 Å². The van der Waals surface area contributed by atoms with Crippen molar-refractivity contribution in [3.05, 3.63) is 23.8 Å². The molecule has 1 aromatic rings. The van der Waals surface area contributed by atoms with E-state index >= 15 is 0 Å². The first kappa shape index (κ1) is 16.4. The normalized spacial score (nSPS) is 13.6. The van der Waals surface area contributed by atoms with Crippen LogP contribution in [0.3, 0.4) is 0 Å². The van der Waals surface area contributed by atoms with Crippen molar-refractivity contribution in [2.24, 2.45) is 5.92 Å². The number of anilines is 1. The number of ether oxygens (including phenoxy) is 2. The molecule has 1 heterocycles. The highest BCUT2D eigenvalue weighted by Crippen LogP contribution is 2.28. The highest BCUT2D eigenvalue weighted by atomic mass is 35.5. The van der Waals surface area contributed by atoms with E-state index in [0.29, 0.717) is 36.0 Å². The Labute approximate surface area is 134 Å². The van der Waals surface area contributed by atoms with Crippen molar-refractivity contribution in [1.82, 2.24) is 4.90 Å². The van der Waals surface area contributed by atoms with Crippen molar-refractivity contribution in [1.29, 1.82) is 0 Å². The third kappa shape index (κ3) is 4.04. The lowest BCUT2D eigenvalue weighted by Crippen LogP contribution is -2.39. The number of rotatable bonds is 5. The number of alkyl halides is 1. The van der Waals surface area contributed by atoms with E-state index in [-0.39, 0.29) is 18.6 Å². The van der Waals surface area contributed by atoms with E-state index in [1.807, 2.05) is 13.8 Å². The van der Waals surface area contributed by atoms with Crippen molar-refractivity contribution in [3.8, 4) is 5.75 Å². The van der Waals surface area contributed by atoms with Crippen molar-refractivity contribution < 1.29 is 19.1 Å². The lowest BCUT2D eigenvalue weighted by molar-refractivity contribution is 0.0540. The molecule has 0 radical (unpaired) electrons. The van der Waals surface area contributed by atoms with Crippen LogP contribution in [0.1, 0.15) is 24.2 Å². The summed E-state index contributed by atoms with van der Waals surface area (Å²) in [5.74, 6) is 0.926. The third-order valence-electron chi connectivity index (χ3n) is 3.02. The number of halogens is 1. The van der Waals surface area contributed by atoms with Gasteiger partial charge < -0.3 is 14.4 Å². The number of hydrogen-bond acceptors (Lipinski definition) is 4. The first-order chi connectivity index (χ1) is 10.5. The van der Waals surface area contributed by atoms with Gasteiger partial charge in [-0.05, 0) is 24.1 Å². The zero-order chi connectivity index (χ0) is 16.1. The summed E-state index contributed by atoms with van der Waals surface area (Å²) in [6.07, 6.45) is -0.546. The fourth-order valence-corrected chi connectivity index (χ4v) is 2.15. The lowest BCUT2D eigenvalue weighted by atomic mass is 10.1. The van der Waals surface area contributed by atoms with Gasteiger partial charge in [-0.3, -0.25) is 10.1 Å². The van der Waals surface area contributed by atoms with Crippen LogP contribution in [-0.2, 0) is 4.74 Å². The number of fused-ring (bicyclic) bond motifs is 1. The molecular weight excluding hydrogens is 308 g/mol. The molecule has 0 aliphatic carbocycles. The molecule has 1 N–H and O–H groups in total. The van der Waals surface area contributed by atoms with Crippen LogP contribution in [0.15, 0.2) is 18.2 Å². The molecule has 1 aliphatic rings. The quantitative estimate of drug-likeness (QED) is 0.845. The molecule has 0 fully saturated rings. The van der Waals surface area contributed by atoms with Gasteiger partial charge in [0, 0.05) is 18.1 Å². The Morgan fingerprint density at radius 3 is 2.95 bits per heavy atom. The Morgan fingerprint density at radius 2 is 2.27 bits per heavy atom. The van der Waals surface area contributed by atoms with Crippen LogP contribution in [0.4, 0.5) is 10.5 Å². The fraction of sp³-hybridized carbons (Fsp3) is 0.467. The van der Waals surface area contributed by atoms with E-state index < -0.39 is 6.09 Å². The molecule has 22 heavy (non-hydrogen) atoms. The Hall–Kier alpha value is -1.95. The lowest BCUT2D eigenvalue weighted by Gasteiger charge is -2.28. The molecule has 2 rings (SSSR count). The van der Waals surface area contributed by atoms with Gasteiger partial charge in [0.1, 0.15) is 5.75 Å². The molecule has 1 aromatic carbocycles. The summed E-state index contributed by atoms with van der Waals surface area (Å²) < 4.78 is 10.5. The second-order valence-corrected chi connectivity index (χ2v) is 5.74. The van der Waals surface area contributed by atoms with Gasteiger partial charge in [-0.15, -0.1) is 11.6 Å². The molecule has 6 nitrogen and oxygen atoms in total. The number of amides is 2. The van der Waals surface area contributed by atoms with E-state index in [1.165, 1.54) is 4.90 Å². The fourth-order valence-electron chi connectivity index (χ4n) is 1.94. The Balaban J connectivity index is 2.07. The van der Waals surface area contributed by atoms with Crippen LogP contribution in [0.25, 0.3) is 0 Å². The molecule has 0 saturated carbocycles. The first-order valence-electron chi connectivity index (χ1n) is 7.07. The molecule has 1 aliphatic heterocycles. The molecular formula is C15H19ClN2O4. The van der Waals surface area contributed by atoms with Crippen LogP contribution in [0, 0.1) is 5.92 Å². The van der Waals surface area contributed by atoms with E-state index in [0.717, 1.165) is 0 Å². The zero-order valence-corrected chi connectivity index (χ0v) is 13.4. The van der Waals surface area contributed by atoms with Gasteiger partial charge in [0.25, 0.3) is 5.91 Å². The molecule has 0 spiro atoms. The van der Waals surface area contributed by atoms with Crippen LogP contribution < -0.4 is 10.1 Å². The number of hydrogen-bond donors (Lipinski definition) is 1. The van der Waals surface area contributed by atoms with Crippen LogP contribution >= 0.6 is 11.6 Å². The van der Waals surface area contributed by atoms with Crippen molar-refractivity contribution in [2.45, 2.75) is 13.8 Å². The number of nitrogens with zero attached hydrogens (tertiary/aromatic N) is 1. The van der Waals surface area contributed by atoms with Crippen molar-refractivity contribution >= 4 is 29.3 Å². The average Bonchev–Trinajstić information content (AvgIpc) is 2.49. The topological polar surface area (TPSA) is 67.9 Å². The summed E-state index contributed by atoms with van der Waals surface area (Å²) in [6.45, 7) is 4.83. The molecule has 2 amide bonds. The second-order valence-electron chi connectivity index (χ2n) is 5.36. The van der Waals surface area contributed by atoms with Gasteiger partial charge in [-0.25, -0.2) is 4.79 Å². The largest absolute Gasteiger partial charge is 0.472 e. The van der Waals surface area contributed by atoms with Crippen LogP contribution in [-0.4, -0.2) is 42.7 Å². The molecule has 0 saturated heterocycles. The summed E-state index contributed by atoms with van der Waals surface area (Å²) in [5, 5.41) is 2.60. The monoisotopic (exact) mass is 326 g/mol. The van der Waals surface area contributed by atoms with Gasteiger partial charge in [0.2, 0.25) is 0 Å². The SMILES string of the molecule is CC(C)COC(=O)Nc1ccc2c(c1)C(=O)N(CCCl)CO2. The second kappa shape index (κ2) is 7.35. The number of carbonyl (C=O) groups excluding carboxylic acids is 2. The van der Waals surface area contributed by atoms with Crippen LogP contribution in [0.5, 0.6) is 5.75 Å². The van der Waals surface area contributed by atoms with Gasteiger partial charge in [-0.1, -0.05) is 13.8 Å². The summed E-state index contributed by atoms with van der Waals surface area (Å²) in [5.41, 5.74) is 0.884. The molecule has 0 bridgehead atoms. The predicted molar refractivity (Wildman–Crippen MR) is 83.5 cm³/mol. The Kier molecular flexibility index (Phi) is 5.49. The average molecular weight is 327 g/mol. The standard InChI is InChI=1S/C15H19ClN2O4/c1-10(2)8-21-15(20)17-11-3-4-13-12(7-11)14(19)18(6-5-16)9-22-13/h3-4,7,10H,5-6,8-9H2,1-2H3,(H,17,20). The molecule has 0 aromatic heterocycles. The Morgan fingerprint density at radius 1 is 1.50 bits per heavy atom. The van der Waals surface area contributed by atoms with E-state index in [4.69, 9.17) is 21.1 Å². The zero-order valence-electron chi connectivity index (χ0n) is 12.6. The predicted octanol–water partition coefficient (Wildman–Crippen LogP) is 2.92. The molecule has 7 heteroatoms. The minimum absolute atomic E-state index is 0.166. The maximum atomic E-state index is 12.3. The number of nitrogens with one attached hydrogen (secondary N) is 1. The smallest absolute Gasteiger partial charge is 0.411 e. The highest BCUT2D eigenvalue weighted by Gasteiger charge is 2.25. The molecule has 120 valence electrons. The number of carbonyl (C=O) groups is 2. The summed E-state index contributed by atoms with van der Waals surface area (Å²) in [6, 6.07) is 4.90. The van der Waals surface area contributed by atoms with E-state index in [9.17, 15) is 9.59 Å². The summed E-state index contributed by atoms with van der Waals surface area (Å²) in [7, 11) is 0. The van der Waals surface area contributed by atoms with Gasteiger partial charge in [-0.2, -0.15) is 0 Å². The van der Waals surface area contributed by atoms with E-state index in [1.54, 1.807) is 18.2 Å². The molecule has 0 atom stereocenters. The van der Waals surface area contributed by atoms with E-state index in [2.05, 4.69) is 5.32 Å². The minimum Gasteiger partial charge on any atom is -0.472 e. The summed E-state index contributed by atoms with van der Waals surface area (Å²) >= 11 is 5.66. The maximum Gasteiger partial charge on any atom is 0.411 e. The first-order valence-corrected chi connectivity index (χ1v) is 7.60. The van der Waals surface area contributed by atoms with Crippen molar-refractivity contribution in [3.63, 3.8) is 0 Å². The number of benzene rings is 1. The maximum absolute atomic E-state index is 12.3. The van der Waals surface area contributed by atoms with Gasteiger partial charge in [0.15, 0.2) is 6.73 Å².